The Morgan fingerprint density at radius 1 is 0.966 bits per heavy atom. The van der Waals surface area contributed by atoms with Gasteiger partial charge in [-0.3, -0.25) is 9.78 Å². The van der Waals surface area contributed by atoms with Crippen molar-refractivity contribution >= 4 is 16.8 Å². The van der Waals surface area contributed by atoms with E-state index in [9.17, 15) is 9.90 Å². The Morgan fingerprint density at radius 2 is 1.72 bits per heavy atom. The zero-order valence-corrected chi connectivity index (χ0v) is 15.9. The number of phenolic OH excluding ortho intramolecular Hbond substituents is 1. The SMILES string of the molecule is COc1ccc([C@H](NC(=O)c2ccccc2)c2ccc3cccnc3c2O)cc1. The van der Waals surface area contributed by atoms with Gasteiger partial charge in [-0.2, -0.15) is 0 Å². The second kappa shape index (κ2) is 8.02. The minimum absolute atomic E-state index is 0.0530. The molecule has 4 rings (SSSR count). The van der Waals surface area contributed by atoms with E-state index in [-0.39, 0.29) is 11.7 Å². The van der Waals surface area contributed by atoms with Gasteiger partial charge in [-0.25, -0.2) is 0 Å². The first kappa shape index (κ1) is 18.5. The minimum atomic E-state index is -0.556. The van der Waals surface area contributed by atoms with E-state index in [1.54, 1.807) is 25.4 Å². The van der Waals surface area contributed by atoms with Gasteiger partial charge in [0.25, 0.3) is 5.91 Å². The maximum atomic E-state index is 12.9. The first-order valence-corrected chi connectivity index (χ1v) is 9.24. The van der Waals surface area contributed by atoms with Crippen LogP contribution >= 0.6 is 0 Å². The maximum absolute atomic E-state index is 12.9. The minimum Gasteiger partial charge on any atom is -0.505 e. The highest BCUT2D eigenvalue weighted by atomic mass is 16.5. The van der Waals surface area contributed by atoms with Crippen molar-refractivity contribution in [3.63, 3.8) is 0 Å². The molecule has 0 fully saturated rings. The molecule has 1 amide bonds. The van der Waals surface area contributed by atoms with Crippen LogP contribution in [-0.4, -0.2) is 23.1 Å². The molecule has 144 valence electrons. The molecule has 0 radical (unpaired) electrons. The summed E-state index contributed by atoms with van der Waals surface area (Å²) >= 11 is 0. The molecule has 0 unspecified atom stereocenters. The van der Waals surface area contributed by atoms with Crippen molar-refractivity contribution in [2.75, 3.05) is 7.11 Å². The summed E-state index contributed by atoms with van der Waals surface area (Å²) in [6, 6.07) is 23.2. The number of nitrogens with zero attached hydrogens (tertiary/aromatic N) is 1. The molecule has 0 bridgehead atoms. The van der Waals surface area contributed by atoms with Crippen LogP contribution in [0.5, 0.6) is 11.5 Å². The second-order valence-corrected chi connectivity index (χ2v) is 6.62. The average Bonchev–Trinajstić information content (AvgIpc) is 2.79. The van der Waals surface area contributed by atoms with Crippen LogP contribution in [0.25, 0.3) is 10.9 Å². The lowest BCUT2D eigenvalue weighted by molar-refractivity contribution is 0.0942. The lowest BCUT2D eigenvalue weighted by Crippen LogP contribution is -2.29. The third-order valence-electron chi connectivity index (χ3n) is 4.85. The van der Waals surface area contributed by atoms with Gasteiger partial charge in [0.2, 0.25) is 0 Å². The molecule has 0 aliphatic carbocycles. The Morgan fingerprint density at radius 3 is 2.45 bits per heavy atom. The third-order valence-corrected chi connectivity index (χ3v) is 4.85. The number of rotatable bonds is 5. The van der Waals surface area contributed by atoms with Crippen LogP contribution in [-0.2, 0) is 0 Å². The van der Waals surface area contributed by atoms with E-state index in [0.717, 1.165) is 10.9 Å². The Bertz CT molecular complexity index is 1140. The van der Waals surface area contributed by atoms with Crippen LogP contribution in [0.1, 0.15) is 27.5 Å². The van der Waals surface area contributed by atoms with E-state index in [4.69, 9.17) is 4.74 Å². The van der Waals surface area contributed by atoms with Crippen LogP contribution in [0.3, 0.4) is 0 Å². The van der Waals surface area contributed by atoms with Crippen LogP contribution in [0, 0.1) is 0 Å². The van der Waals surface area contributed by atoms with Crippen LogP contribution < -0.4 is 10.1 Å². The molecule has 3 aromatic carbocycles. The fourth-order valence-corrected chi connectivity index (χ4v) is 3.32. The van der Waals surface area contributed by atoms with E-state index in [0.29, 0.717) is 22.4 Å². The van der Waals surface area contributed by atoms with E-state index >= 15 is 0 Å². The number of aromatic hydroxyl groups is 1. The van der Waals surface area contributed by atoms with Crippen LogP contribution in [0.15, 0.2) is 85.1 Å². The number of methoxy groups -OCH3 is 1. The van der Waals surface area contributed by atoms with Gasteiger partial charge in [-0.1, -0.05) is 48.5 Å². The molecular formula is C24H20N2O3. The number of pyridine rings is 1. The molecule has 1 aromatic heterocycles. The first-order valence-electron chi connectivity index (χ1n) is 9.24. The average molecular weight is 384 g/mol. The van der Waals surface area contributed by atoms with Gasteiger partial charge in [0.05, 0.1) is 13.2 Å². The molecule has 0 saturated carbocycles. The number of phenols is 1. The predicted molar refractivity (Wildman–Crippen MR) is 112 cm³/mol. The number of nitrogens with one attached hydrogen (secondary N) is 1. The molecule has 29 heavy (non-hydrogen) atoms. The zero-order chi connectivity index (χ0) is 20.2. The third kappa shape index (κ3) is 3.75. The maximum Gasteiger partial charge on any atom is 0.252 e. The molecule has 0 aliphatic heterocycles. The highest BCUT2D eigenvalue weighted by molar-refractivity contribution is 5.95. The number of carbonyl (C=O) groups is 1. The zero-order valence-electron chi connectivity index (χ0n) is 15.9. The molecular weight excluding hydrogens is 364 g/mol. The van der Waals surface area contributed by atoms with Crippen molar-refractivity contribution in [2.45, 2.75) is 6.04 Å². The van der Waals surface area contributed by atoms with Crippen molar-refractivity contribution in [3.05, 3.63) is 102 Å². The van der Waals surface area contributed by atoms with Crippen LogP contribution in [0.2, 0.25) is 0 Å². The van der Waals surface area contributed by atoms with Gasteiger partial charge in [0.1, 0.15) is 17.0 Å². The molecule has 4 aromatic rings. The quantitative estimate of drug-likeness (QED) is 0.533. The highest BCUT2D eigenvalue weighted by Crippen LogP contribution is 2.35. The fourth-order valence-electron chi connectivity index (χ4n) is 3.32. The number of hydrogen-bond donors (Lipinski definition) is 2. The Balaban J connectivity index is 1.79. The van der Waals surface area contributed by atoms with E-state index in [1.807, 2.05) is 66.7 Å². The summed E-state index contributed by atoms with van der Waals surface area (Å²) in [6.07, 6.45) is 1.64. The van der Waals surface area contributed by atoms with Crippen LogP contribution in [0.4, 0.5) is 0 Å². The normalized spacial score (nSPS) is 11.8. The lowest BCUT2D eigenvalue weighted by atomic mass is 9.95. The Kier molecular flexibility index (Phi) is 5.12. The Hall–Kier alpha value is -3.86. The number of amides is 1. The number of ether oxygens (including phenoxy) is 1. The summed E-state index contributed by atoms with van der Waals surface area (Å²) in [7, 11) is 1.60. The standard InChI is InChI=1S/C24H20N2O3/c1-29-19-12-9-17(10-13-19)21(26-24(28)18-6-3-2-4-7-18)20-14-11-16-8-5-15-25-22(16)23(20)27/h2-15,21,27H,1H3,(H,26,28)/t21-/m0/s1. The van der Waals surface area contributed by atoms with Crippen molar-refractivity contribution in [1.29, 1.82) is 0 Å². The summed E-state index contributed by atoms with van der Waals surface area (Å²) < 4.78 is 5.24. The Labute approximate surface area is 168 Å². The largest absolute Gasteiger partial charge is 0.505 e. The van der Waals surface area contributed by atoms with E-state index in [2.05, 4.69) is 10.3 Å². The molecule has 5 nitrogen and oxygen atoms in total. The number of benzene rings is 3. The van der Waals surface area contributed by atoms with E-state index in [1.165, 1.54) is 0 Å². The number of hydrogen-bond acceptors (Lipinski definition) is 4. The van der Waals surface area contributed by atoms with Crippen molar-refractivity contribution < 1.29 is 14.6 Å². The topological polar surface area (TPSA) is 71.5 Å². The molecule has 0 aliphatic rings. The molecule has 1 atom stereocenters. The van der Waals surface area contributed by atoms with Gasteiger partial charge >= 0.3 is 0 Å². The summed E-state index contributed by atoms with van der Waals surface area (Å²) in [6.45, 7) is 0. The van der Waals surface area contributed by atoms with E-state index < -0.39 is 6.04 Å². The number of aromatic nitrogens is 1. The second-order valence-electron chi connectivity index (χ2n) is 6.62. The van der Waals surface area contributed by atoms with Gasteiger partial charge in [0, 0.05) is 22.7 Å². The summed E-state index contributed by atoms with van der Waals surface area (Å²) in [5.41, 5.74) is 2.44. The van der Waals surface area contributed by atoms with Gasteiger partial charge < -0.3 is 15.2 Å². The highest BCUT2D eigenvalue weighted by Gasteiger charge is 2.22. The molecule has 1 heterocycles. The molecule has 5 heteroatoms. The summed E-state index contributed by atoms with van der Waals surface area (Å²) in [5.74, 6) is 0.538. The number of fused-ring (bicyclic) bond motifs is 1. The molecule has 2 N–H and O–H groups in total. The molecule has 0 spiro atoms. The van der Waals surface area contributed by atoms with Gasteiger partial charge in [-0.15, -0.1) is 0 Å². The summed E-state index contributed by atoms with van der Waals surface area (Å²) in [5, 5.41) is 14.8. The van der Waals surface area contributed by atoms with Crippen molar-refractivity contribution in [2.24, 2.45) is 0 Å². The van der Waals surface area contributed by atoms with Crippen molar-refractivity contribution in [3.8, 4) is 11.5 Å². The van der Waals surface area contributed by atoms with Crippen molar-refractivity contribution in [1.82, 2.24) is 10.3 Å². The number of carbonyl (C=O) groups excluding carboxylic acids is 1. The predicted octanol–water partition coefficient (Wildman–Crippen LogP) is 4.47. The van der Waals surface area contributed by atoms with Gasteiger partial charge in [0.15, 0.2) is 0 Å². The smallest absolute Gasteiger partial charge is 0.252 e. The first-order chi connectivity index (χ1) is 14.2. The fraction of sp³-hybridized carbons (Fsp3) is 0.0833. The molecule has 0 saturated heterocycles. The summed E-state index contributed by atoms with van der Waals surface area (Å²) in [4.78, 5) is 17.2. The lowest BCUT2D eigenvalue weighted by Gasteiger charge is -2.22. The monoisotopic (exact) mass is 384 g/mol. The van der Waals surface area contributed by atoms with Gasteiger partial charge in [-0.05, 0) is 35.9 Å².